The summed E-state index contributed by atoms with van der Waals surface area (Å²) in [5.74, 6) is 1.19. The topological polar surface area (TPSA) is 21.3 Å². The summed E-state index contributed by atoms with van der Waals surface area (Å²) in [5, 5.41) is 4.18. The first-order valence-corrected chi connectivity index (χ1v) is 6.98. The third-order valence-electron chi connectivity index (χ3n) is 3.67. The fourth-order valence-corrected chi connectivity index (χ4v) is 2.80. The molecule has 3 heteroatoms. The lowest BCUT2D eigenvalue weighted by Crippen LogP contribution is -2.17. The minimum atomic E-state index is 0.187. The van der Waals surface area contributed by atoms with Gasteiger partial charge in [-0.05, 0) is 30.0 Å². The molecule has 1 heterocycles. The third-order valence-corrected chi connectivity index (χ3v) is 3.92. The van der Waals surface area contributed by atoms with Crippen LogP contribution in [0.3, 0.4) is 0 Å². The Balaban J connectivity index is 1.95. The molecule has 0 saturated heterocycles. The average Bonchev–Trinajstić information content (AvgIpc) is 2.97. The van der Waals surface area contributed by atoms with Gasteiger partial charge in [-0.3, -0.25) is 0 Å². The lowest BCUT2D eigenvalue weighted by Gasteiger charge is -2.22. The minimum Gasteiger partial charge on any atom is -0.496 e. The Labute approximate surface area is 124 Å². The van der Waals surface area contributed by atoms with Gasteiger partial charge in [0.2, 0.25) is 0 Å². The molecule has 0 radical (unpaired) electrons. The van der Waals surface area contributed by atoms with Gasteiger partial charge in [-0.1, -0.05) is 48.0 Å². The monoisotopic (exact) mass is 285 g/mol. The van der Waals surface area contributed by atoms with Crippen molar-refractivity contribution >= 4 is 11.6 Å². The van der Waals surface area contributed by atoms with Crippen LogP contribution >= 0.6 is 11.6 Å². The summed E-state index contributed by atoms with van der Waals surface area (Å²) in [6, 6.07) is 16.3. The van der Waals surface area contributed by atoms with Gasteiger partial charge in [-0.25, -0.2) is 0 Å². The lowest BCUT2D eigenvalue weighted by atomic mass is 9.88. The summed E-state index contributed by atoms with van der Waals surface area (Å²) in [6.45, 7) is 0. The highest BCUT2D eigenvalue weighted by molar-refractivity contribution is 6.30. The first kappa shape index (κ1) is 13.1. The largest absolute Gasteiger partial charge is 0.496 e. The Morgan fingerprint density at radius 1 is 1.05 bits per heavy atom. The molecule has 0 aliphatic carbocycles. The van der Waals surface area contributed by atoms with Crippen molar-refractivity contribution in [3.05, 3.63) is 77.0 Å². The summed E-state index contributed by atoms with van der Waals surface area (Å²) in [4.78, 5) is 0. The second kappa shape index (κ2) is 5.59. The molecule has 0 aromatic heterocycles. The molecular weight excluding hydrogens is 270 g/mol. The number of hydrogen-bond donors (Lipinski definition) is 1. The third kappa shape index (κ3) is 2.39. The quantitative estimate of drug-likeness (QED) is 0.908. The van der Waals surface area contributed by atoms with Crippen molar-refractivity contribution in [3.63, 3.8) is 0 Å². The number of methoxy groups -OCH3 is 1. The van der Waals surface area contributed by atoms with E-state index in [2.05, 4.69) is 29.6 Å². The van der Waals surface area contributed by atoms with Crippen LogP contribution in [-0.2, 0) is 0 Å². The van der Waals surface area contributed by atoms with Crippen molar-refractivity contribution in [2.24, 2.45) is 0 Å². The summed E-state index contributed by atoms with van der Waals surface area (Å²) >= 11 is 5.97. The van der Waals surface area contributed by atoms with E-state index in [1.807, 2.05) is 36.5 Å². The SMILES string of the molecule is COc1ccccc1C1NC=CC1c1ccc(Cl)cc1. The number of nitrogens with one attached hydrogen (secondary N) is 1. The van der Waals surface area contributed by atoms with Crippen LogP contribution in [0.15, 0.2) is 60.8 Å². The second-order valence-corrected chi connectivity index (χ2v) is 5.26. The minimum absolute atomic E-state index is 0.187. The Hall–Kier alpha value is -1.93. The molecule has 0 bridgehead atoms. The smallest absolute Gasteiger partial charge is 0.124 e. The molecule has 2 aromatic carbocycles. The summed E-state index contributed by atoms with van der Waals surface area (Å²) in [7, 11) is 1.71. The summed E-state index contributed by atoms with van der Waals surface area (Å²) < 4.78 is 5.47. The van der Waals surface area contributed by atoms with Crippen molar-refractivity contribution in [1.82, 2.24) is 5.32 Å². The van der Waals surface area contributed by atoms with Crippen molar-refractivity contribution in [2.75, 3.05) is 7.11 Å². The van der Waals surface area contributed by atoms with E-state index in [1.165, 1.54) is 11.1 Å². The van der Waals surface area contributed by atoms with E-state index < -0.39 is 0 Å². The molecular formula is C17H16ClNO. The highest BCUT2D eigenvalue weighted by Crippen LogP contribution is 2.39. The molecule has 1 aliphatic heterocycles. The van der Waals surface area contributed by atoms with Crippen LogP contribution in [0.5, 0.6) is 5.75 Å². The van der Waals surface area contributed by atoms with E-state index in [0.717, 1.165) is 10.8 Å². The highest BCUT2D eigenvalue weighted by Gasteiger charge is 2.27. The van der Waals surface area contributed by atoms with Crippen LogP contribution in [0, 0.1) is 0 Å². The first-order chi connectivity index (χ1) is 9.79. The Bertz CT molecular complexity index is 621. The van der Waals surface area contributed by atoms with Gasteiger partial charge in [0.15, 0.2) is 0 Å². The number of rotatable bonds is 3. The standard InChI is InChI=1S/C17H16ClNO/c1-20-16-5-3-2-4-15(16)17-14(10-11-19-17)12-6-8-13(18)9-7-12/h2-11,14,17,19H,1H3. The van der Waals surface area contributed by atoms with Crippen molar-refractivity contribution < 1.29 is 4.74 Å². The predicted molar refractivity (Wildman–Crippen MR) is 82.2 cm³/mol. The van der Waals surface area contributed by atoms with E-state index >= 15 is 0 Å². The molecule has 2 nitrogen and oxygen atoms in total. The van der Waals surface area contributed by atoms with Crippen LogP contribution in [0.1, 0.15) is 23.1 Å². The first-order valence-electron chi connectivity index (χ1n) is 6.60. The van der Waals surface area contributed by atoms with Gasteiger partial charge in [-0.2, -0.15) is 0 Å². The summed E-state index contributed by atoms with van der Waals surface area (Å²) in [5.41, 5.74) is 2.41. The molecule has 102 valence electrons. The van der Waals surface area contributed by atoms with E-state index in [0.29, 0.717) is 0 Å². The Morgan fingerprint density at radius 2 is 1.80 bits per heavy atom. The van der Waals surface area contributed by atoms with Crippen LogP contribution in [0.4, 0.5) is 0 Å². The zero-order valence-corrected chi connectivity index (χ0v) is 12.0. The van der Waals surface area contributed by atoms with Gasteiger partial charge in [0, 0.05) is 16.5 Å². The molecule has 0 spiro atoms. The molecule has 2 unspecified atom stereocenters. The molecule has 20 heavy (non-hydrogen) atoms. The van der Waals surface area contributed by atoms with Gasteiger partial charge in [0.05, 0.1) is 13.2 Å². The number of hydrogen-bond acceptors (Lipinski definition) is 2. The van der Waals surface area contributed by atoms with Gasteiger partial charge in [-0.15, -0.1) is 0 Å². The van der Waals surface area contributed by atoms with E-state index in [-0.39, 0.29) is 12.0 Å². The van der Waals surface area contributed by atoms with Gasteiger partial charge < -0.3 is 10.1 Å². The van der Waals surface area contributed by atoms with Crippen molar-refractivity contribution in [3.8, 4) is 5.75 Å². The maximum absolute atomic E-state index is 5.97. The zero-order chi connectivity index (χ0) is 13.9. The molecule has 3 rings (SSSR count). The number of para-hydroxylation sites is 1. The molecule has 0 saturated carbocycles. The van der Waals surface area contributed by atoms with E-state index in [4.69, 9.17) is 16.3 Å². The molecule has 2 aromatic rings. The number of halogens is 1. The van der Waals surface area contributed by atoms with Crippen LogP contribution < -0.4 is 10.1 Å². The van der Waals surface area contributed by atoms with Gasteiger partial charge in [0.25, 0.3) is 0 Å². The fraction of sp³-hybridized carbons (Fsp3) is 0.176. The number of benzene rings is 2. The molecule has 0 fully saturated rings. The molecule has 1 aliphatic rings. The summed E-state index contributed by atoms with van der Waals surface area (Å²) in [6.07, 6.45) is 4.19. The average molecular weight is 286 g/mol. The van der Waals surface area contributed by atoms with E-state index in [9.17, 15) is 0 Å². The maximum Gasteiger partial charge on any atom is 0.124 e. The fourth-order valence-electron chi connectivity index (χ4n) is 2.67. The van der Waals surface area contributed by atoms with Crippen molar-refractivity contribution in [2.45, 2.75) is 12.0 Å². The Kier molecular flexibility index (Phi) is 3.66. The molecule has 2 atom stereocenters. The van der Waals surface area contributed by atoms with Crippen LogP contribution in [0.2, 0.25) is 5.02 Å². The van der Waals surface area contributed by atoms with Gasteiger partial charge >= 0.3 is 0 Å². The second-order valence-electron chi connectivity index (χ2n) is 4.82. The van der Waals surface area contributed by atoms with Crippen LogP contribution in [0.25, 0.3) is 0 Å². The van der Waals surface area contributed by atoms with Crippen molar-refractivity contribution in [1.29, 1.82) is 0 Å². The highest BCUT2D eigenvalue weighted by atomic mass is 35.5. The number of ether oxygens (including phenoxy) is 1. The zero-order valence-electron chi connectivity index (χ0n) is 11.2. The maximum atomic E-state index is 5.97. The van der Waals surface area contributed by atoms with Crippen LogP contribution in [-0.4, -0.2) is 7.11 Å². The normalized spacial score (nSPS) is 20.7. The predicted octanol–water partition coefficient (Wildman–Crippen LogP) is 4.29. The van der Waals surface area contributed by atoms with Gasteiger partial charge in [0.1, 0.15) is 5.75 Å². The Morgan fingerprint density at radius 3 is 2.55 bits per heavy atom. The molecule has 0 amide bonds. The van der Waals surface area contributed by atoms with E-state index in [1.54, 1.807) is 7.11 Å². The molecule has 1 N–H and O–H groups in total. The lowest BCUT2D eigenvalue weighted by molar-refractivity contribution is 0.401.